The summed E-state index contributed by atoms with van der Waals surface area (Å²) in [5, 5.41) is 0. The summed E-state index contributed by atoms with van der Waals surface area (Å²) in [5.41, 5.74) is 1.16. The zero-order valence-corrected chi connectivity index (χ0v) is 10.3. The molecule has 0 fully saturated rings. The third-order valence-electron chi connectivity index (χ3n) is 2.11. The smallest absolute Gasteiger partial charge is 0.335 e. The lowest BCUT2D eigenvalue weighted by atomic mass is 10.1. The van der Waals surface area contributed by atoms with Crippen molar-refractivity contribution in [2.75, 3.05) is 13.7 Å². The molecule has 0 N–H and O–H groups in total. The molecule has 5 heteroatoms. The Morgan fingerprint density at radius 3 is 2.88 bits per heavy atom. The standard InChI is InChI=1S/C12H16N2O3/c1-4-9-6-11(15)17-7-10(9)12(16-5-2)14-8-13-3/h6-8H,4-5H2,1-3H3. The van der Waals surface area contributed by atoms with Gasteiger partial charge in [0.1, 0.15) is 12.6 Å². The molecule has 0 saturated carbocycles. The molecular weight excluding hydrogens is 220 g/mol. The van der Waals surface area contributed by atoms with Crippen molar-refractivity contribution in [3.8, 4) is 0 Å². The van der Waals surface area contributed by atoms with Crippen LogP contribution < -0.4 is 5.63 Å². The minimum atomic E-state index is -0.370. The molecule has 0 unspecified atom stereocenters. The predicted octanol–water partition coefficient (Wildman–Crippen LogP) is 1.64. The van der Waals surface area contributed by atoms with Gasteiger partial charge < -0.3 is 9.15 Å². The normalized spacial score (nSPS) is 12.1. The maximum Gasteiger partial charge on any atom is 0.335 e. The molecule has 1 heterocycles. The van der Waals surface area contributed by atoms with Crippen molar-refractivity contribution in [1.82, 2.24) is 0 Å². The van der Waals surface area contributed by atoms with Gasteiger partial charge in [0.05, 0.1) is 12.2 Å². The van der Waals surface area contributed by atoms with Gasteiger partial charge in [-0.25, -0.2) is 9.79 Å². The average molecular weight is 236 g/mol. The van der Waals surface area contributed by atoms with E-state index in [1.54, 1.807) is 7.05 Å². The molecule has 0 aliphatic rings. The van der Waals surface area contributed by atoms with Crippen LogP contribution in [0.15, 0.2) is 31.5 Å². The second kappa shape index (κ2) is 6.62. The van der Waals surface area contributed by atoms with Crippen molar-refractivity contribution in [3.05, 3.63) is 33.9 Å². The molecule has 0 aromatic carbocycles. The fourth-order valence-electron chi connectivity index (χ4n) is 1.36. The summed E-state index contributed by atoms with van der Waals surface area (Å²) >= 11 is 0. The fraction of sp³-hybridized carbons (Fsp3) is 0.417. The maximum atomic E-state index is 11.1. The van der Waals surface area contributed by atoms with E-state index in [1.165, 1.54) is 18.7 Å². The van der Waals surface area contributed by atoms with Crippen molar-refractivity contribution in [3.63, 3.8) is 0 Å². The molecular formula is C12H16N2O3. The van der Waals surface area contributed by atoms with Gasteiger partial charge in [-0.05, 0) is 18.9 Å². The molecule has 0 saturated heterocycles. The van der Waals surface area contributed by atoms with Crippen molar-refractivity contribution in [1.29, 1.82) is 0 Å². The minimum Gasteiger partial charge on any atom is -0.477 e. The first kappa shape index (κ1) is 13.2. The van der Waals surface area contributed by atoms with E-state index in [-0.39, 0.29) is 5.63 Å². The van der Waals surface area contributed by atoms with E-state index in [9.17, 15) is 4.79 Å². The van der Waals surface area contributed by atoms with E-state index in [0.29, 0.717) is 24.5 Å². The Kier molecular flexibility index (Phi) is 5.13. The molecule has 0 atom stereocenters. The highest BCUT2D eigenvalue weighted by atomic mass is 16.5. The summed E-state index contributed by atoms with van der Waals surface area (Å²) in [6.45, 7) is 4.30. The number of rotatable bonds is 4. The van der Waals surface area contributed by atoms with Crippen LogP contribution >= 0.6 is 0 Å². The van der Waals surface area contributed by atoms with Gasteiger partial charge in [-0.3, -0.25) is 4.99 Å². The lowest BCUT2D eigenvalue weighted by Gasteiger charge is -2.09. The Balaban J connectivity index is 3.22. The van der Waals surface area contributed by atoms with Crippen LogP contribution in [0.5, 0.6) is 0 Å². The summed E-state index contributed by atoms with van der Waals surface area (Å²) in [6.07, 6.45) is 3.48. The van der Waals surface area contributed by atoms with E-state index < -0.39 is 0 Å². The van der Waals surface area contributed by atoms with Crippen LogP contribution in [0.3, 0.4) is 0 Å². The number of hydrogen-bond acceptors (Lipinski definition) is 4. The van der Waals surface area contributed by atoms with E-state index in [0.717, 1.165) is 5.56 Å². The first-order valence-corrected chi connectivity index (χ1v) is 5.46. The quantitative estimate of drug-likeness (QED) is 0.589. The number of aryl methyl sites for hydroxylation is 1. The van der Waals surface area contributed by atoms with Crippen LogP contribution in [0.4, 0.5) is 0 Å². The lowest BCUT2D eigenvalue weighted by molar-refractivity contribution is 0.327. The summed E-state index contributed by atoms with van der Waals surface area (Å²) in [5.74, 6) is 0.415. The van der Waals surface area contributed by atoms with Crippen LogP contribution in [0.1, 0.15) is 25.0 Å². The van der Waals surface area contributed by atoms with E-state index in [1.807, 2.05) is 13.8 Å². The molecule has 0 amide bonds. The van der Waals surface area contributed by atoms with Gasteiger partial charge in [0.25, 0.3) is 0 Å². The molecule has 0 aliphatic heterocycles. The number of aliphatic imine (C=N–C) groups is 2. The minimum absolute atomic E-state index is 0.370. The Hall–Kier alpha value is -1.91. The Bertz CT molecular complexity index is 475. The van der Waals surface area contributed by atoms with Crippen LogP contribution in [0, 0.1) is 0 Å². The summed E-state index contributed by atoms with van der Waals surface area (Å²) in [7, 11) is 1.62. The molecule has 17 heavy (non-hydrogen) atoms. The van der Waals surface area contributed by atoms with Crippen molar-refractivity contribution in [2.24, 2.45) is 9.98 Å². The van der Waals surface area contributed by atoms with Gasteiger partial charge in [0, 0.05) is 13.1 Å². The monoisotopic (exact) mass is 236 g/mol. The SMILES string of the molecule is CCOC(=NC=NC)c1coc(=O)cc1CC. The van der Waals surface area contributed by atoms with Crippen LogP contribution in [-0.4, -0.2) is 25.9 Å². The summed E-state index contributed by atoms with van der Waals surface area (Å²) in [6, 6.07) is 1.45. The molecule has 0 bridgehead atoms. The van der Waals surface area contributed by atoms with Crippen molar-refractivity contribution in [2.45, 2.75) is 20.3 Å². The number of nitrogens with zero attached hydrogens (tertiary/aromatic N) is 2. The molecule has 1 rings (SSSR count). The first-order chi connectivity index (χ1) is 8.22. The van der Waals surface area contributed by atoms with E-state index >= 15 is 0 Å². The van der Waals surface area contributed by atoms with Crippen LogP contribution in [0.2, 0.25) is 0 Å². The highest BCUT2D eigenvalue weighted by Gasteiger charge is 2.11. The number of ether oxygens (including phenoxy) is 1. The van der Waals surface area contributed by atoms with Gasteiger partial charge in [0.15, 0.2) is 0 Å². The summed E-state index contributed by atoms with van der Waals surface area (Å²) < 4.78 is 10.3. The molecule has 92 valence electrons. The second-order valence-electron chi connectivity index (χ2n) is 3.23. The van der Waals surface area contributed by atoms with Gasteiger partial charge in [-0.2, -0.15) is 0 Å². The molecule has 1 aromatic heterocycles. The van der Waals surface area contributed by atoms with Gasteiger partial charge in [-0.1, -0.05) is 6.92 Å². The Labute approximate surface area is 99.9 Å². The average Bonchev–Trinajstić information content (AvgIpc) is 2.34. The lowest BCUT2D eigenvalue weighted by Crippen LogP contribution is -2.12. The maximum absolute atomic E-state index is 11.1. The molecule has 0 aliphatic carbocycles. The second-order valence-corrected chi connectivity index (χ2v) is 3.23. The van der Waals surface area contributed by atoms with Crippen LogP contribution in [-0.2, 0) is 11.2 Å². The molecule has 0 spiro atoms. The van der Waals surface area contributed by atoms with Gasteiger partial charge in [0.2, 0.25) is 5.90 Å². The Morgan fingerprint density at radius 1 is 1.53 bits per heavy atom. The zero-order valence-electron chi connectivity index (χ0n) is 10.3. The van der Waals surface area contributed by atoms with Crippen molar-refractivity contribution >= 4 is 12.2 Å². The topological polar surface area (TPSA) is 64.2 Å². The molecule has 5 nitrogen and oxygen atoms in total. The highest BCUT2D eigenvalue weighted by Crippen LogP contribution is 2.09. The fourth-order valence-corrected chi connectivity index (χ4v) is 1.36. The van der Waals surface area contributed by atoms with Gasteiger partial charge >= 0.3 is 5.63 Å². The zero-order chi connectivity index (χ0) is 12.7. The van der Waals surface area contributed by atoms with Gasteiger partial charge in [-0.15, -0.1) is 0 Å². The highest BCUT2D eigenvalue weighted by molar-refractivity contribution is 5.99. The van der Waals surface area contributed by atoms with Crippen LogP contribution in [0.25, 0.3) is 0 Å². The number of hydrogen-bond donors (Lipinski definition) is 0. The molecule has 0 radical (unpaired) electrons. The third kappa shape index (κ3) is 3.55. The predicted molar refractivity (Wildman–Crippen MR) is 66.9 cm³/mol. The van der Waals surface area contributed by atoms with E-state index in [4.69, 9.17) is 9.15 Å². The van der Waals surface area contributed by atoms with E-state index in [2.05, 4.69) is 9.98 Å². The van der Waals surface area contributed by atoms with Crippen molar-refractivity contribution < 1.29 is 9.15 Å². The third-order valence-corrected chi connectivity index (χ3v) is 2.11. The Morgan fingerprint density at radius 2 is 2.29 bits per heavy atom. The first-order valence-electron chi connectivity index (χ1n) is 5.46. The summed E-state index contributed by atoms with van der Waals surface area (Å²) in [4.78, 5) is 19.0. The molecule has 1 aromatic rings. The largest absolute Gasteiger partial charge is 0.477 e.